The molecule has 1 amide bonds. The van der Waals surface area contributed by atoms with Gasteiger partial charge in [0.05, 0.1) is 38.0 Å². The second-order valence-electron chi connectivity index (χ2n) is 6.85. The zero-order valence-electron chi connectivity index (χ0n) is 15.6. The van der Waals surface area contributed by atoms with Crippen LogP contribution < -0.4 is 11.1 Å². The Morgan fingerprint density at radius 2 is 2.23 bits per heavy atom. The van der Waals surface area contributed by atoms with Crippen molar-refractivity contribution in [1.29, 1.82) is 0 Å². The number of carbonyl (C=O) groups is 2. The molecule has 0 saturated carbocycles. The minimum Gasteiger partial charge on any atom is -0.463 e. The minimum atomic E-state index is -0.368. The van der Waals surface area contributed by atoms with Crippen LogP contribution in [-0.4, -0.2) is 79.0 Å². The Morgan fingerprint density at radius 1 is 1.46 bits per heavy atom. The first-order valence-corrected chi connectivity index (χ1v) is 9.33. The number of hydrogen-bond donors (Lipinski definition) is 3. The summed E-state index contributed by atoms with van der Waals surface area (Å²) in [5.74, 6) is -0.493. The van der Waals surface area contributed by atoms with Gasteiger partial charge in [-0.15, -0.1) is 0 Å². The smallest absolute Gasteiger partial charge is 0.333 e. The third-order valence-electron chi connectivity index (χ3n) is 4.84. The molecule has 1 saturated heterocycles. The van der Waals surface area contributed by atoms with Crippen LogP contribution in [0.15, 0.2) is 11.6 Å². The van der Waals surface area contributed by atoms with E-state index in [-0.39, 0.29) is 42.7 Å². The van der Waals surface area contributed by atoms with Gasteiger partial charge in [0.15, 0.2) is 0 Å². The van der Waals surface area contributed by atoms with Crippen LogP contribution in [0.4, 0.5) is 0 Å². The van der Waals surface area contributed by atoms with Crippen molar-refractivity contribution in [3.8, 4) is 0 Å². The third kappa shape index (κ3) is 5.51. The zero-order valence-corrected chi connectivity index (χ0v) is 15.6. The fourth-order valence-corrected chi connectivity index (χ4v) is 3.74. The van der Waals surface area contributed by atoms with Crippen molar-refractivity contribution in [3.05, 3.63) is 11.6 Å². The number of likely N-dealkylation sites (tertiary alicyclic amines) is 1. The number of amides is 1. The molecule has 0 bridgehead atoms. The summed E-state index contributed by atoms with van der Waals surface area (Å²) in [6.45, 7) is 5.35. The number of rotatable bonds is 7. The molecule has 148 valence electrons. The molecule has 1 fully saturated rings. The van der Waals surface area contributed by atoms with Gasteiger partial charge in [-0.1, -0.05) is 6.08 Å². The molecule has 1 heterocycles. The summed E-state index contributed by atoms with van der Waals surface area (Å²) in [6, 6.07) is -0.836. The lowest BCUT2D eigenvalue weighted by Gasteiger charge is -2.44. The summed E-state index contributed by atoms with van der Waals surface area (Å²) >= 11 is 0. The fraction of sp³-hybridized carbons (Fsp3) is 0.778. The van der Waals surface area contributed by atoms with Crippen molar-refractivity contribution < 1.29 is 24.2 Å². The summed E-state index contributed by atoms with van der Waals surface area (Å²) in [6.07, 6.45) is 4.15. The van der Waals surface area contributed by atoms with Crippen molar-refractivity contribution in [2.24, 2.45) is 5.73 Å². The quantitative estimate of drug-likeness (QED) is 0.521. The van der Waals surface area contributed by atoms with E-state index in [0.29, 0.717) is 31.8 Å². The Balaban J connectivity index is 2.20. The molecule has 0 spiro atoms. The normalized spacial score (nSPS) is 29.8. The maximum Gasteiger partial charge on any atom is 0.333 e. The maximum absolute atomic E-state index is 12.2. The summed E-state index contributed by atoms with van der Waals surface area (Å²) in [5, 5.41) is 11.9. The van der Waals surface area contributed by atoms with E-state index in [1.54, 1.807) is 6.92 Å². The lowest BCUT2D eigenvalue weighted by molar-refractivity contribution is -0.138. The van der Waals surface area contributed by atoms with Crippen molar-refractivity contribution in [2.45, 2.75) is 57.3 Å². The van der Waals surface area contributed by atoms with Gasteiger partial charge in [-0.25, -0.2) is 4.79 Å². The molecular weight excluding hydrogens is 338 g/mol. The van der Waals surface area contributed by atoms with Crippen LogP contribution in [0.25, 0.3) is 0 Å². The molecule has 0 aromatic heterocycles. The number of nitrogens with one attached hydrogen (secondary N) is 1. The summed E-state index contributed by atoms with van der Waals surface area (Å²) in [5.41, 5.74) is 6.87. The highest BCUT2D eigenvalue weighted by molar-refractivity contribution is 5.89. The van der Waals surface area contributed by atoms with Crippen LogP contribution >= 0.6 is 0 Å². The lowest BCUT2D eigenvalue weighted by atomic mass is 9.85. The van der Waals surface area contributed by atoms with E-state index in [1.807, 2.05) is 6.08 Å². The van der Waals surface area contributed by atoms with Crippen LogP contribution in [0.3, 0.4) is 0 Å². The molecule has 26 heavy (non-hydrogen) atoms. The van der Waals surface area contributed by atoms with Crippen LogP contribution in [0.5, 0.6) is 0 Å². The lowest BCUT2D eigenvalue weighted by Crippen LogP contribution is -2.62. The number of carbonyl (C=O) groups excluding carboxylic acids is 2. The molecule has 0 unspecified atom stereocenters. The van der Waals surface area contributed by atoms with Gasteiger partial charge < -0.3 is 25.6 Å². The molecular formula is C18H31N3O5. The van der Waals surface area contributed by atoms with E-state index in [2.05, 4.69) is 10.2 Å². The number of nitrogens with two attached hydrogens (primary N) is 1. The second kappa shape index (κ2) is 10.0. The Hall–Kier alpha value is -1.48. The van der Waals surface area contributed by atoms with E-state index < -0.39 is 0 Å². The summed E-state index contributed by atoms with van der Waals surface area (Å²) < 4.78 is 10.8. The van der Waals surface area contributed by atoms with Gasteiger partial charge in [0.2, 0.25) is 5.91 Å². The molecule has 0 aromatic carbocycles. The zero-order chi connectivity index (χ0) is 19.1. The molecule has 1 aliphatic carbocycles. The van der Waals surface area contributed by atoms with Gasteiger partial charge in [0, 0.05) is 25.1 Å². The highest BCUT2D eigenvalue weighted by atomic mass is 16.5. The predicted molar refractivity (Wildman–Crippen MR) is 96.3 cm³/mol. The molecule has 0 radical (unpaired) electrons. The predicted octanol–water partition coefficient (Wildman–Crippen LogP) is -0.446. The topological polar surface area (TPSA) is 114 Å². The van der Waals surface area contributed by atoms with Crippen LogP contribution in [-0.2, 0) is 19.1 Å². The van der Waals surface area contributed by atoms with Crippen molar-refractivity contribution >= 4 is 11.9 Å². The van der Waals surface area contributed by atoms with E-state index >= 15 is 0 Å². The van der Waals surface area contributed by atoms with Gasteiger partial charge in [-0.05, 0) is 32.7 Å². The maximum atomic E-state index is 12.2. The highest BCUT2D eigenvalue weighted by Gasteiger charge is 2.38. The monoisotopic (exact) mass is 369 g/mol. The third-order valence-corrected chi connectivity index (χ3v) is 4.84. The van der Waals surface area contributed by atoms with Gasteiger partial charge >= 0.3 is 5.97 Å². The first kappa shape index (κ1) is 20.8. The Kier molecular flexibility index (Phi) is 8.02. The van der Waals surface area contributed by atoms with Gasteiger partial charge in [0.25, 0.3) is 0 Å². The van der Waals surface area contributed by atoms with Gasteiger partial charge in [0.1, 0.15) is 0 Å². The summed E-state index contributed by atoms with van der Waals surface area (Å²) in [7, 11) is 0. The molecule has 8 heteroatoms. The Labute approximate surface area is 154 Å². The Bertz CT molecular complexity index is 525. The highest BCUT2D eigenvalue weighted by Crippen LogP contribution is 2.26. The average molecular weight is 369 g/mol. The van der Waals surface area contributed by atoms with Gasteiger partial charge in [-0.2, -0.15) is 0 Å². The number of aliphatic hydroxyl groups excluding tert-OH is 1. The van der Waals surface area contributed by atoms with E-state index in [0.717, 1.165) is 19.4 Å². The average Bonchev–Trinajstić information content (AvgIpc) is 2.61. The van der Waals surface area contributed by atoms with Crippen molar-refractivity contribution in [2.75, 3.05) is 32.9 Å². The molecule has 2 rings (SSSR count). The fourth-order valence-electron chi connectivity index (χ4n) is 3.74. The number of hydrogen-bond acceptors (Lipinski definition) is 7. The van der Waals surface area contributed by atoms with Gasteiger partial charge in [-0.3, -0.25) is 9.69 Å². The molecule has 2 aliphatic rings. The largest absolute Gasteiger partial charge is 0.463 e. The van der Waals surface area contributed by atoms with Crippen LogP contribution in [0.1, 0.15) is 33.1 Å². The first-order valence-electron chi connectivity index (χ1n) is 9.33. The second-order valence-corrected chi connectivity index (χ2v) is 6.85. The number of esters is 1. The molecule has 8 nitrogen and oxygen atoms in total. The van der Waals surface area contributed by atoms with E-state index in [1.165, 1.54) is 6.92 Å². The number of aliphatic hydroxyl groups is 1. The Morgan fingerprint density at radius 3 is 2.88 bits per heavy atom. The van der Waals surface area contributed by atoms with Crippen LogP contribution in [0, 0.1) is 0 Å². The molecule has 1 aliphatic heterocycles. The first-order chi connectivity index (χ1) is 12.5. The number of ether oxygens (including phenoxy) is 2. The summed E-state index contributed by atoms with van der Waals surface area (Å²) in [4.78, 5) is 26.1. The van der Waals surface area contributed by atoms with Crippen LogP contribution in [0.2, 0.25) is 0 Å². The van der Waals surface area contributed by atoms with Crippen molar-refractivity contribution in [1.82, 2.24) is 10.2 Å². The SMILES string of the molecule is CCOC(=O)C1=C[C@@H](N2CCC[C@H](OCCO)C2)[C@H](NC(C)=O)[C@@H](N)C1. The number of piperidine rings is 1. The number of nitrogens with zero attached hydrogens (tertiary/aromatic N) is 1. The standard InChI is InChI=1S/C18H31N3O5/c1-3-25-18(24)13-9-15(19)17(20-12(2)23)16(10-13)21-6-4-5-14(11-21)26-8-7-22/h10,14-17,22H,3-9,11,19H2,1-2H3,(H,20,23)/t14-,15-,16+,17+/m0/s1. The van der Waals surface area contributed by atoms with E-state index in [4.69, 9.17) is 20.3 Å². The molecule has 0 aromatic rings. The molecule has 4 N–H and O–H groups in total. The van der Waals surface area contributed by atoms with E-state index in [9.17, 15) is 9.59 Å². The molecule has 4 atom stereocenters. The van der Waals surface area contributed by atoms with Crippen molar-refractivity contribution in [3.63, 3.8) is 0 Å². The minimum absolute atomic E-state index is 0.00771.